The monoisotopic (exact) mass is 241 g/mol. The van der Waals surface area contributed by atoms with Crippen LogP contribution in [0.5, 0.6) is 0 Å². The zero-order valence-corrected chi connectivity index (χ0v) is 9.34. The lowest BCUT2D eigenvalue weighted by Gasteiger charge is -2.07. The van der Waals surface area contributed by atoms with Crippen LogP contribution in [0, 0.1) is 17.1 Å². The van der Waals surface area contributed by atoms with Gasteiger partial charge in [0, 0.05) is 5.56 Å². The van der Waals surface area contributed by atoms with Crippen molar-refractivity contribution in [3.63, 3.8) is 0 Å². The fraction of sp³-hybridized carbons (Fsp3) is 0.273. The molecule has 84 valence electrons. The van der Waals surface area contributed by atoms with E-state index in [2.05, 4.69) is 0 Å². The van der Waals surface area contributed by atoms with Crippen LogP contribution in [0.2, 0.25) is 0 Å². The number of esters is 1. The maximum atomic E-state index is 13.3. The van der Waals surface area contributed by atoms with Crippen molar-refractivity contribution in [1.82, 2.24) is 0 Å². The molecule has 0 aliphatic carbocycles. The highest BCUT2D eigenvalue weighted by Gasteiger charge is 2.18. The number of carbonyl (C=O) groups excluding carboxylic acids is 1. The van der Waals surface area contributed by atoms with Crippen LogP contribution in [0.4, 0.5) is 4.39 Å². The molecule has 0 radical (unpaired) electrons. The standard InChI is InChI=1S/C11H9ClFNO2/c1-2-16-11(15)7-3-4-10(13)8(5-12)9(7)6-14/h3-4H,2,5H2,1H3. The summed E-state index contributed by atoms with van der Waals surface area (Å²) in [5, 5.41) is 8.89. The Morgan fingerprint density at radius 1 is 1.62 bits per heavy atom. The first-order valence-electron chi connectivity index (χ1n) is 4.60. The summed E-state index contributed by atoms with van der Waals surface area (Å²) in [5.74, 6) is -1.41. The van der Waals surface area contributed by atoms with Crippen LogP contribution in [-0.2, 0) is 10.6 Å². The van der Waals surface area contributed by atoms with E-state index in [1.165, 1.54) is 6.07 Å². The van der Waals surface area contributed by atoms with Crippen molar-refractivity contribution in [2.75, 3.05) is 6.61 Å². The van der Waals surface area contributed by atoms with Gasteiger partial charge < -0.3 is 4.74 Å². The van der Waals surface area contributed by atoms with Gasteiger partial charge in [0.2, 0.25) is 0 Å². The van der Waals surface area contributed by atoms with E-state index in [-0.39, 0.29) is 29.2 Å². The van der Waals surface area contributed by atoms with Crippen LogP contribution in [0.3, 0.4) is 0 Å². The molecule has 0 fully saturated rings. The molecule has 0 aromatic heterocycles. The van der Waals surface area contributed by atoms with E-state index in [9.17, 15) is 9.18 Å². The molecular weight excluding hydrogens is 233 g/mol. The average molecular weight is 242 g/mol. The lowest BCUT2D eigenvalue weighted by Crippen LogP contribution is -2.09. The molecule has 0 aliphatic heterocycles. The smallest absolute Gasteiger partial charge is 0.339 e. The summed E-state index contributed by atoms with van der Waals surface area (Å²) < 4.78 is 18.0. The fourth-order valence-electron chi connectivity index (χ4n) is 1.26. The maximum absolute atomic E-state index is 13.3. The average Bonchev–Trinajstić information content (AvgIpc) is 2.28. The number of hydrogen-bond acceptors (Lipinski definition) is 3. The quantitative estimate of drug-likeness (QED) is 0.604. The number of nitriles is 1. The van der Waals surface area contributed by atoms with Crippen LogP contribution in [-0.4, -0.2) is 12.6 Å². The second-order valence-corrected chi connectivity index (χ2v) is 3.18. The molecule has 5 heteroatoms. The molecular formula is C11H9ClFNO2. The Morgan fingerprint density at radius 2 is 2.31 bits per heavy atom. The molecule has 0 bridgehead atoms. The van der Waals surface area contributed by atoms with Gasteiger partial charge in [-0.15, -0.1) is 11.6 Å². The number of benzene rings is 1. The molecule has 3 nitrogen and oxygen atoms in total. The van der Waals surface area contributed by atoms with E-state index < -0.39 is 11.8 Å². The normalized spacial score (nSPS) is 9.62. The molecule has 0 spiro atoms. The molecule has 0 saturated carbocycles. The second-order valence-electron chi connectivity index (χ2n) is 2.91. The number of ether oxygens (including phenoxy) is 1. The molecule has 0 unspecified atom stereocenters. The Labute approximate surface area is 97.4 Å². The minimum Gasteiger partial charge on any atom is -0.462 e. The zero-order chi connectivity index (χ0) is 12.1. The van der Waals surface area contributed by atoms with E-state index >= 15 is 0 Å². The highest BCUT2D eigenvalue weighted by Crippen LogP contribution is 2.20. The number of rotatable bonds is 3. The first kappa shape index (κ1) is 12.5. The first-order chi connectivity index (χ1) is 7.65. The Morgan fingerprint density at radius 3 is 2.81 bits per heavy atom. The topological polar surface area (TPSA) is 50.1 Å². The Balaban J connectivity index is 3.31. The van der Waals surface area contributed by atoms with Gasteiger partial charge >= 0.3 is 5.97 Å². The van der Waals surface area contributed by atoms with Crippen molar-refractivity contribution in [2.24, 2.45) is 0 Å². The summed E-state index contributed by atoms with van der Waals surface area (Å²) >= 11 is 5.53. The molecule has 0 saturated heterocycles. The van der Waals surface area contributed by atoms with Gasteiger partial charge in [-0.2, -0.15) is 5.26 Å². The lowest BCUT2D eigenvalue weighted by atomic mass is 10.0. The van der Waals surface area contributed by atoms with Gasteiger partial charge in [-0.3, -0.25) is 0 Å². The van der Waals surface area contributed by atoms with Crippen molar-refractivity contribution in [1.29, 1.82) is 5.26 Å². The highest BCUT2D eigenvalue weighted by molar-refractivity contribution is 6.17. The van der Waals surface area contributed by atoms with Crippen LogP contribution in [0.25, 0.3) is 0 Å². The molecule has 0 amide bonds. The molecule has 0 N–H and O–H groups in total. The predicted octanol–water partition coefficient (Wildman–Crippen LogP) is 2.61. The molecule has 1 rings (SSSR count). The third-order valence-electron chi connectivity index (χ3n) is 2.00. The van der Waals surface area contributed by atoms with Crippen LogP contribution >= 0.6 is 11.6 Å². The van der Waals surface area contributed by atoms with Crippen LogP contribution < -0.4 is 0 Å². The van der Waals surface area contributed by atoms with Crippen LogP contribution in [0.1, 0.15) is 28.4 Å². The van der Waals surface area contributed by atoms with E-state index in [0.29, 0.717) is 0 Å². The molecule has 0 atom stereocenters. The van der Waals surface area contributed by atoms with Crippen LogP contribution in [0.15, 0.2) is 12.1 Å². The maximum Gasteiger partial charge on any atom is 0.339 e. The number of alkyl halides is 1. The summed E-state index contributed by atoms with van der Waals surface area (Å²) in [7, 11) is 0. The Hall–Kier alpha value is -1.60. The van der Waals surface area contributed by atoms with Crippen molar-refractivity contribution in [3.05, 3.63) is 34.6 Å². The third-order valence-corrected chi connectivity index (χ3v) is 2.26. The molecule has 0 aliphatic rings. The van der Waals surface area contributed by atoms with Gasteiger partial charge in [0.05, 0.1) is 23.6 Å². The number of hydrogen-bond donors (Lipinski definition) is 0. The highest BCUT2D eigenvalue weighted by atomic mass is 35.5. The zero-order valence-electron chi connectivity index (χ0n) is 8.59. The molecule has 1 aromatic carbocycles. The molecule has 16 heavy (non-hydrogen) atoms. The van der Waals surface area contributed by atoms with Crippen molar-refractivity contribution in [2.45, 2.75) is 12.8 Å². The van der Waals surface area contributed by atoms with E-state index in [1.807, 2.05) is 0 Å². The number of halogens is 2. The van der Waals surface area contributed by atoms with Gasteiger partial charge in [0.15, 0.2) is 0 Å². The third kappa shape index (κ3) is 2.31. The SMILES string of the molecule is CCOC(=O)c1ccc(F)c(CCl)c1C#N. The minimum atomic E-state index is -0.648. The summed E-state index contributed by atoms with van der Waals surface area (Å²) in [5.41, 5.74) is 0.00423. The molecule has 1 aromatic rings. The number of carbonyl (C=O) groups is 1. The van der Waals surface area contributed by atoms with Crippen molar-refractivity contribution in [3.8, 4) is 6.07 Å². The van der Waals surface area contributed by atoms with E-state index in [1.54, 1.807) is 13.0 Å². The molecule has 0 heterocycles. The number of nitrogens with zero attached hydrogens (tertiary/aromatic N) is 1. The minimum absolute atomic E-state index is 0.0229. The van der Waals surface area contributed by atoms with Gasteiger partial charge in [0.25, 0.3) is 0 Å². The Bertz CT molecular complexity index is 454. The Kier molecular flexibility index (Phi) is 4.27. The lowest BCUT2D eigenvalue weighted by molar-refractivity contribution is 0.0526. The summed E-state index contributed by atoms with van der Waals surface area (Å²) in [4.78, 5) is 11.5. The van der Waals surface area contributed by atoms with Crippen molar-refractivity contribution >= 4 is 17.6 Å². The van der Waals surface area contributed by atoms with Gasteiger partial charge in [-0.05, 0) is 19.1 Å². The van der Waals surface area contributed by atoms with Gasteiger partial charge in [-0.25, -0.2) is 9.18 Å². The van der Waals surface area contributed by atoms with Crippen molar-refractivity contribution < 1.29 is 13.9 Å². The predicted molar refractivity (Wildman–Crippen MR) is 56.6 cm³/mol. The summed E-state index contributed by atoms with van der Waals surface area (Å²) in [6.45, 7) is 1.84. The van der Waals surface area contributed by atoms with Gasteiger partial charge in [0.1, 0.15) is 11.9 Å². The fourth-order valence-corrected chi connectivity index (χ4v) is 1.52. The van der Waals surface area contributed by atoms with E-state index in [4.69, 9.17) is 21.6 Å². The largest absolute Gasteiger partial charge is 0.462 e. The summed E-state index contributed by atoms with van der Waals surface area (Å²) in [6.07, 6.45) is 0. The van der Waals surface area contributed by atoms with E-state index in [0.717, 1.165) is 6.07 Å². The summed E-state index contributed by atoms with van der Waals surface area (Å²) in [6, 6.07) is 4.10. The second kappa shape index (κ2) is 5.47. The first-order valence-corrected chi connectivity index (χ1v) is 5.13. The van der Waals surface area contributed by atoms with Gasteiger partial charge in [-0.1, -0.05) is 0 Å².